The van der Waals surface area contributed by atoms with Crippen LogP contribution in [0.3, 0.4) is 0 Å². The molecule has 1 heteroatoms. The lowest BCUT2D eigenvalue weighted by molar-refractivity contribution is 1.07. The highest BCUT2D eigenvalue weighted by atomic mass is 15.0. The molecule has 0 saturated heterocycles. The summed E-state index contributed by atoms with van der Waals surface area (Å²) >= 11 is 0. The number of rotatable bonds is 0. The van der Waals surface area contributed by atoms with Crippen molar-refractivity contribution in [3.05, 3.63) is 77.4 Å². The van der Waals surface area contributed by atoms with Crippen LogP contribution in [0.15, 0.2) is 60.7 Å². The van der Waals surface area contributed by atoms with Crippen LogP contribution in [0.25, 0.3) is 22.4 Å². The Balaban J connectivity index is 1.77. The molecule has 1 unspecified atom stereocenters. The van der Waals surface area contributed by atoms with Crippen molar-refractivity contribution in [3.8, 4) is 0 Å². The van der Waals surface area contributed by atoms with Gasteiger partial charge in [0.1, 0.15) is 0 Å². The third-order valence-corrected chi connectivity index (χ3v) is 4.42. The van der Waals surface area contributed by atoms with E-state index in [4.69, 9.17) is 0 Å². The summed E-state index contributed by atoms with van der Waals surface area (Å²) in [5.74, 6) is 0. The Labute approximate surface area is 117 Å². The van der Waals surface area contributed by atoms with Crippen LogP contribution in [0, 0.1) is 0 Å². The molecule has 0 saturated carbocycles. The molecule has 1 aliphatic heterocycles. The van der Waals surface area contributed by atoms with Gasteiger partial charge in [0, 0.05) is 11.3 Å². The summed E-state index contributed by atoms with van der Waals surface area (Å²) in [6.45, 7) is 0. The summed E-state index contributed by atoms with van der Waals surface area (Å²) in [6, 6.07) is 22.1. The highest BCUT2D eigenvalue weighted by Crippen LogP contribution is 2.50. The Morgan fingerprint density at radius 2 is 1.55 bits per heavy atom. The van der Waals surface area contributed by atoms with E-state index in [1.165, 1.54) is 38.7 Å². The van der Waals surface area contributed by atoms with E-state index < -0.39 is 0 Å². The Morgan fingerprint density at radius 3 is 2.45 bits per heavy atom. The first kappa shape index (κ1) is 10.3. The van der Waals surface area contributed by atoms with Crippen LogP contribution in [0.2, 0.25) is 0 Å². The van der Waals surface area contributed by atoms with Gasteiger partial charge >= 0.3 is 0 Å². The lowest BCUT2D eigenvalue weighted by atomic mass is 9.99. The second kappa shape index (κ2) is 3.51. The van der Waals surface area contributed by atoms with Gasteiger partial charge in [-0.3, -0.25) is 0 Å². The highest BCUT2D eigenvalue weighted by Gasteiger charge is 2.32. The number of para-hydroxylation sites is 1. The van der Waals surface area contributed by atoms with Crippen molar-refractivity contribution >= 4 is 28.1 Å². The fourth-order valence-electron chi connectivity index (χ4n) is 3.47. The second-order valence-corrected chi connectivity index (χ2v) is 5.55. The molecule has 2 aliphatic rings. The summed E-state index contributed by atoms with van der Waals surface area (Å²) in [5.41, 5.74) is 6.76. The molecule has 0 amide bonds. The van der Waals surface area contributed by atoms with E-state index in [0.717, 1.165) is 0 Å². The number of nitrogens with one attached hydrogen (secondary N) is 1. The minimum atomic E-state index is 0.326. The molecule has 1 nitrogen and oxygen atoms in total. The summed E-state index contributed by atoms with van der Waals surface area (Å²) in [6.07, 6.45) is 2.34. The molecule has 3 aromatic carbocycles. The topological polar surface area (TPSA) is 12.0 Å². The van der Waals surface area contributed by atoms with Crippen LogP contribution < -0.4 is 5.32 Å². The lowest BCUT2D eigenvalue weighted by Crippen LogP contribution is -2.02. The van der Waals surface area contributed by atoms with Gasteiger partial charge < -0.3 is 5.32 Å². The van der Waals surface area contributed by atoms with Gasteiger partial charge in [-0.2, -0.15) is 0 Å². The van der Waals surface area contributed by atoms with Crippen molar-refractivity contribution in [2.24, 2.45) is 0 Å². The molecular weight excluding hydrogens is 242 g/mol. The molecule has 1 aliphatic carbocycles. The highest BCUT2D eigenvalue weighted by molar-refractivity contribution is 6.02. The first-order valence-electron chi connectivity index (χ1n) is 7.00. The molecule has 20 heavy (non-hydrogen) atoms. The average Bonchev–Trinajstić information content (AvgIpc) is 3.01. The van der Waals surface area contributed by atoms with Gasteiger partial charge in [-0.1, -0.05) is 42.5 Å². The number of hydrogen-bond donors (Lipinski definition) is 1. The minimum absolute atomic E-state index is 0.326. The van der Waals surface area contributed by atoms with E-state index in [0.29, 0.717) is 6.04 Å². The van der Waals surface area contributed by atoms with Gasteiger partial charge in [-0.05, 0) is 51.7 Å². The largest absolute Gasteiger partial charge is 0.374 e. The lowest BCUT2D eigenvalue weighted by Gasteiger charge is -2.11. The van der Waals surface area contributed by atoms with Crippen molar-refractivity contribution in [2.45, 2.75) is 6.04 Å². The Bertz CT molecular complexity index is 889. The number of benzene rings is 3. The van der Waals surface area contributed by atoms with Crippen molar-refractivity contribution < 1.29 is 0 Å². The molecular formula is C19H13N. The van der Waals surface area contributed by atoms with Crippen LogP contribution in [-0.2, 0) is 0 Å². The van der Waals surface area contributed by atoms with E-state index in [9.17, 15) is 0 Å². The molecule has 1 atom stereocenters. The molecule has 1 N–H and O–H groups in total. The van der Waals surface area contributed by atoms with Crippen molar-refractivity contribution in [1.82, 2.24) is 0 Å². The van der Waals surface area contributed by atoms with E-state index >= 15 is 0 Å². The zero-order valence-corrected chi connectivity index (χ0v) is 10.9. The van der Waals surface area contributed by atoms with E-state index in [1.54, 1.807) is 0 Å². The molecule has 5 rings (SSSR count). The third-order valence-electron chi connectivity index (χ3n) is 4.42. The van der Waals surface area contributed by atoms with Gasteiger partial charge in [0.25, 0.3) is 0 Å². The van der Waals surface area contributed by atoms with Gasteiger partial charge in [-0.15, -0.1) is 0 Å². The van der Waals surface area contributed by atoms with Crippen LogP contribution >= 0.6 is 0 Å². The first-order valence-corrected chi connectivity index (χ1v) is 7.00. The molecule has 0 bridgehead atoms. The summed E-state index contributed by atoms with van der Waals surface area (Å²) < 4.78 is 0. The Kier molecular flexibility index (Phi) is 1.80. The molecule has 1 heterocycles. The van der Waals surface area contributed by atoms with Crippen molar-refractivity contribution in [2.75, 3.05) is 5.32 Å². The fourth-order valence-corrected chi connectivity index (χ4v) is 3.47. The third kappa shape index (κ3) is 1.22. The predicted octanol–water partition coefficient (Wildman–Crippen LogP) is 4.86. The van der Waals surface area contributed by atoms with Crippen molar-refractivity contribution in [1.29, 1.82) is 0 Å². The summed E-state index contributed by atoms with van der Waals surface area (Å²) in [4.78, 5) is 0. The molecule has 3 aromatic rings. The molecule has 0 spiro atoms. The normalized spacial score (nSPS) is 18.2. The zero-order valence-electron chi connectivity index (χ0n) is 10.9. The van der Waals surface area contributed by atoms with Gasteiger partial charge in [0.15, 0.2) is 0 Å². The maximum absolute atomic E-state index is 3.65. The molecule has 0 radical (unpaired) electrons. The van der Waals surface area contributed by atoms with E-state index in [2.05, 4.69) is 72.1 Å². The summed E-state index contributed by atoms with van der Waals surface area (Å²) in [7, 11) is 0. The SMILES string of the molecule is C1=C2c3ccccc3NC2c2cc3ccccc3cc21. The van der Waals surface area contributed by atoms with Gasteiger partial charge in [0.05, 0.1) is 6.04 Å². The fraction of sp³-hybridized carbons (Fsp3) is 0.0526. The van der Waals surface area contributed by atoms with Crippen LogP contribution in [0.4, 0.5) is 5.69 Å². The van der Waals surface area contributed by atoms with E-state index in [-0.39, 0.29) is 0 Å². The number of fused-ring (bicyclic) bond motifs is 6. The standard InChI is InChI=1S/C19H13N/c1-2-6-13-10-16-14(9-12(13)5-1)11-17-15-7-3-4-8-18(15)20-19(16)17/h1-11,19-20H. The Hall–Kier alpha value is -2.54. The molecule has 0 fully saturated rings. The Morgan fingerprint density at radius 1 is 0.800 bits per heavy atom. The quantitative estimate of drug-likeness (QED) is 0.605. The predicted molar refractivity (Wildman–Crippen MR) is 84.6 cm³/mol. The maximum Gasteiger partial charge on any atom is 0.0780 e. The van der Waals surface area contributed by atoms with Crippen molar-refractivity contribution in [3.63, 3.8) is 0 Å². The minimum Gasteiger partial charge on any atom is -0.374 e. The van der Waals surface area contributed by atoms with Gasteiger partial charge in [-0.25, -0.2) is 0 Å². The monoisotopic (exact) mass is 255 g/mol. The van der Waals surface area contributed by atoms with Crippen LogP contribution in [-0.4, -0.2) is 0 Å². The van der Waals surface area contributed by atoms with Crippen LogP contribution in [0.5, 0.6) is 0 Å². The zero-order chi connectivity index (χ0) is 13.1. The summed E-state index contributed by atoms with van der Waals surface area (Å²) in [5, 5.41) is 6.28. The smallest absolute Gasteiger partial charge is 0.0780 e. The number of anilines is 1. The second-order valence-electron chi connectivity index (χ2n) is 5.55. The average molecular weight is 255 g/mol. The maximum atomic E-state index is 3.65. The van der Waals surface area contributed by atoms with Crippen LogP contribution in [0.1, 0.15) is 22.7 Å². The first-order chi connectivity index (χ1) is 9.90. The van der Waals surface area contributed by atoms with Gasteiger partial charge in [0.2, 0.25) is 0 Å². The number of hydrogen-bond acceptors (Lipinski definition) is 1. The molecule has 0 aromatic heterocycles. The van der Waals surface area contributed by atoms with E-state index in [1.807, 2.05) is 0 Å². The molecule has 94 valence electrons.